The van der Waals surface area contributed by atoms with Gasteiger partial charge in [0.2, 0.25) is 15.9 Å². The summed E-state index contributed by atoms with van der Waals surface area (Å²) >= 11 is 1.52. The van der Waals surface area contributed by atoms with Crippen molar-refractivity contribution in [3.63, 3.8) is 0 Å². The number of sulfonamides is 1. The molecule has 0 spiro atoms. The Labute approximate surface area is 166 Å². The molecule has 0 bridgehead atoms. The van der Waals surface area contributed by atoms with Gasteiger partial charge in [-0.25, -0.2) is 18.4 Å². The SMILES string of the molecule is CC(=O)Nc1ccc(S(=O)(=O)N2CCN(c3nc4cccnc4s3)CC2)cc1. The molecule has 8 nitrogen and oxygen atoms in total. The largest absolute Gasteiger partial charge is 0.345 e. The van der Waals surface area contributed by atoms with Crippen LogP contribution in [0.5, 0.6) is 0 Å². The minimum Gasteiger partial charge on any atom is -0.345 e. The Kier molecular flexibility index (Phi) is 5.00. The van der Waals surface area contributed by atoms with Crippen LogP contribution in [0.4, 0.5) is 10.8 Å². The van der Waals surface area contributed by atoms with Crippen LogP contribution in [-0.4, -0.2) is 54.8 Å². The van der Waals surface area contributed by atoms with E-state index in [-0.39, 0.29) is 10.8 Å². The Hall–Kier alpha value is -2.56. The van der Waals surface area contributed by atoms with Crippen molar-refractivity contribution in [3.8, 4) is 0 Å². The molecular formula is C18H19N5O3S2. The van der Waals surface area contributed by atoms with Crippen LogP contribution in [0.1, 0.15) is 6.92 Å². The molecule has 146 valence electrons. The number of rotatable bonds is 4. The molecule has 0 unspecified atom stereocenters. The number of thiazole rings is 1. The molecule has 1 amide bonds. The number of benzene rings is 1. The summed E-state index contributed by atoms with van der Waals surface area (Å²) in [5, 5.41) is 3.50. The monoisotopic (exact) mass is 417 g/mol. The molecule has 4 rings (SSSR count). The van der Waals surface area contributed by atoms with Gasteiger partial charge in [0.25, 0.3) is 0 Å². The van der Waals surface area contributed by atoms with Crippen molar-refractivity contribution in [2.24, 2.45) is 0 Å². The van der Waals surface area contributed by atoms with Gasteiger partial charge in [-0.1, -0.05) is 11.3 Å². The second-order valence-corrected chi connectivity index (χ2v) is 9.31. The predicted octanol–water partition coefficient (Wildman–Crippen LogP) is 2.16. The van der Waals surface area contributed by atoms with Crippen LogP contribution in [0.2, 0.25) is 0 Å². The highest BCUT2D eigenvalue weighted by atomic mass is 32.2. The number of hydrogen-bond acceptors (Lipinski definition) is 7. The first-order valence-electron chi connectivity index (χ1n) is 8.78. The highest BCUT2D eigenvalue weighted by molar-refractivity contribution is 7.89. The van der Waals surface area contributed by atoms with Crippen LogP contribution in [-0.2, 0) is 14.8 Å². The standard InChI is InChI=1S/C18H19N5O3S2/c1-13(24)20-14-4-6-15(7-5-14)28(25,26)23-11-9-22(10-12-23)18-21-16-3-2-8-19-17(16)27-18/h2-8H,9-12H2,1H3,(H,20,24). The summed E-state index contributed by atoms with van der Waals surface area (Å²) < 4.78 is 27.3. The first-order valence-corrected chi connectivity index (χ1v) is 11.0. The van der Waals surface area contributed by atoms with E-state index in [1.165, 1.54) is 34.7 Å². The third kappa shape index (κ3) is 3.71. The fraction of sp³-hybridized carbons (Fsp3) is 0.278. The quantitative estimate of drug-likeness (QED) is 0.699. The normalized spacial score (nSPS) is 15.7. The smallest absolute Gasteiger partial charge is 0.243 e. The molecule has 1 aliphatic heterocycles. The molecule has 0 aliphatic carbocycles. The number of aromatic nitrogens is 2. The fourth-order valence-corrected chi connectivity index (χ4v) is 5.46. The Morgan fingerprint density at radius 1 is 1.11 bits per heavy atom. The zero-order valence-electron chi connectivity index (χ0n) is 15.2. The van der Waals surface area contributed by atoms with E-state index in [4.69, 9.17) is 0 Å². The van der Waals surface area contributed by atoms with E-state index in [0.29, 0.717) is 31.9 Å². The lowest BCUT2D eigenvalue weighted by Crippen LogP contribution is -2.48. The topological polar surface area (TPSA) is 95.5 Å². The van der Waals surface area contributed by atoms with Gasteiger partial charge in [-0.05, 0) is 36.4 Å². The van der Waals surface area contributed by atoms with Gasteiger partial charge < -0.3 is 10.2 Å². The highest BCUT2D eigenvalue weighted by Gasteiger charge is 2.29. The van der Waals surface area contributed by atoms with Crippen LogP contribution >= 0.6 is 11.3 Å². The Morgan fingerprint density at radius 3 is 2.46 bits per heavy atom. The number of nitrogens with one attached hydrogen (secondary N) is 1. The van der Waals surface area contributed by atoms with E-state index in [1.54, 1.807) is 18.3 Å². The first-order chi connectivity index (χ1) is 13.4. The number of pyridine rings is 1. The van der Waals surface area contributed by atoms with E-state index in [1.807, 2.05) is 12.1 Å². The minimum absolute atomic E-state index is 0.197. The summed E-state index contributed by atoms with van der Waals surface area (Å²) in [6.07, 6.45) is 1.74. The maximum absolute atomic E-state index is 12.9. The second-order valence-electron chi connectivity index (χ2n) is 6.42. The number of nitrogens with zero attached hydrogens (tertiary/aromatic N) is 4. The van der Waals surface area contributed by atoms with E-state index < -0.39 is 10.0 Å². The van der Waals surface area contributed by atoms with Crippen LogP contribution in [0.3, 0.4) is 0 Å². The maximum atomic E-state index is 12.9. The summed E-state index contributed by atoms with van der Waals surface area (Å²) in [6, 6.07) is 10.0. The van der Waals surface area contributed by atoms with Crippen molar-refractivity contribution in [1.29, 1.82) is 0 Å². The molecule has 1 N–H and O–H groups in total. The number of hydrogen-bond donors (Lipinski definition) is 1. The molecular weight excluding hydrogens is 398 g/mol. The van der Waals surface area contributed by atoms with Gasteiger partial charge in [-0.3, -0.25) is 4.79 Å². The van der Waals surface area contributed by atoms with Gasteiger partial charge in [0, 0.05) is 45.0 Å². The van der Waals surface area contributed by atoms with Gasteiger partial charge in [-0.2, -0.15) is 4.31 Å². The Morgan fingerprint density at radius 2 is 1.82 bits per heavy atom. The predicted molar refractivity (Wildman–Crippen MR) is 109 cm³/mol. The van der Waals surface area contributed by atoms with Gasteiger partial charge >= 0.3 is 0 Å². The highest BCUT2D eigenvalue weighted by Crippen LogP contribution is 2.28. The third-order valence-corrected chi connectivity index (χ3v) is 7.43. The molecule has 3 aromatic rings. The second kappa shape index (κ2) is 7.46. The number of carbonyl (C=O) groups is 1. The molecule has 1 aliphatic rings. The summed E-state index contributed by atoms with van der Waals surface area (Å²) in [5.41, 5.74) is 1.43. The molecule has 1 aromatic carbocycles. The van der Waals surface area contributed by atoms with E-state index in [2.05, 4.69) is 20.2 Å². The Balaban J connectivity index is 1.45. The summed E-state index contributed by atoms with van der Waals surface area (Å²) in [4.78, 5) is 23.2. The summed E-state index contributed by atoms with van der Waals surface area (Å²) in [7, 11) is -3.57. The van der Waals surface area contributed by atoms with E-state index in [0.717, 1.165) is 15.5 Å². The van der Waals surface area contributed by atoms with Gasteiger partial charge in [0.05, 0.1) is 4.90 Å². The zero-order chi connectivity index (χ0) is 19.7. The summed E-state index contributed by atoms with van der Waals surface area (Å²) in [6.45, 7) is 3.33. The lowest BCUT2D eigenvalue weighted by molar-refractivity contribution is -0.114. The van der Waals surface area contributed by atoms with Crippen molar-refractivity contribution >= 4 is 48.4 Å². The molecule has 10 heteroatoms. The number of carbonyl (C=O) groups excluding carboxylic acids is 1. The molecule has 0 atom stereocenters. The van der Waals surface area contributed by atoms with Crippen molar-refractivity contribution in [2.75, 3.05) is 36.4 Å². The molecule has 3 heterocycles. The molecule has 0 radical (unpaired) electrons. The number of fused-ring (bicyclic) bond motifs is 1. The van der Waals surface area contributed by atoms with Crippen molar-refractivity contribution < 1.29 is 13.2 Å². The van der Waals surface area contributed by atoms with Crippen LogP contribution in [0.15, 0.2) is 47.5 Å². The van der Waals surface area contributed by atoms with Crippen molar-refractivity contribution in [3.05, 3.63) is 42.6 Å². The molecule has 2 aromatic heterocycles. The number of piperazine rings is 1. The fourth-order valence-electron chi connectivity index (χ4n) is 3.08. The molecule has 1 saturated heterocycles. The zero-order valence-corrected chi connectivity index (χ0v) is 16.8. The average molecular weight is 418 g/mol. The summed E-state index contributed by atoms with van der Waals surface area (Å²) in [5.74, 6) is -0.197. The Bertz CT molecular complexity index is 1070. The van der Waals surface area contributed by atoms with Crippen LogP contribution in [0, 0.1) is 0 Å². The lowest BCUT2D eigenvalue weighted by Gasteiger charge is -2.33. The van der Waals surface area contributed by atoms with E-state index >= 15 is 0 Å². The minimum atomic E-state index is -3.57. The van der Waals surface area contributed by atoms with Crippen LogP contribution < -0.4 is 10.2 Å². The molecule has 1 fully saturated rings. The molecule has 0 saturated carbocycles. The average Bonchev–Trinajstić information content (AvgIpc) is 3.12. The van der Waals surface area contributed by atoms with Gasteiger partial charge in [0.1, 0.15) is 10.3 Å². The number of amides is 1. The molecule has 28 heavy (non-hydrogen) atoms. The van der Waals surface area contributed by atoms with Crippen LogP contribution in [0.25, 0.3) is 10.3 Å². The number of anilines is 2. The first kappa shape index (κ1) is 18.8. The van der Waals surface area contributed by atoms with Gasteiger partial charge in [-0.15, -0.1) is 0 Å². The van der Waals surface area contributed by atoms with E-state index in [9.17, 15) is 13.2 Å². The lowest BCUT2D eigenvalue weighted by atomic mass is 10.3. The van der Waals surface area contributed by atoms with Crippen molar-refractivity contribution in [1.82, 2.24) is 14.3 Å². The van der Waals surface area contributed by atoms with Gasteiger partial charge in [0.15, 0.2) is 5.13 Å². The van der Waals surface area contributed by atoms with Crippen molar-refractivity contribution in [2.45, 2.75) is 11.8 Å². The third-order valence-electron chi connectivity index (χ3n) is 4.48. The maximum Gasteiger partial charge on any atom is 0.243 e.